The van der Waals surface area contributed by atoms with Crippen LogP contribution in [0.3, 0.4) is 0 Å². The van der Waals surface area contributed by atoms with Crippen LogP contribution < -0.4 is 4.31 Å². The molecule has 1 heterocycles. The van der Waals surface area contributed by atoms with Gasteiger partial charge in [0, 0.05) is 18.0 Å². The molecular formula is C23H19NO4S. The third kappa shape index (κ3) is 3.32. The highest BCUT2D eigenvalue weighted by Crippen LogP contribution is 2.28. The van der Waals surface area contributed by atoms with E-state index < -0.39 is 10.0 Å². The fraction of sp³-hybridized carbons (Fsp3) is 0.0870. The summed E-state index contributed by atoms with van der Waals surface area (Å²) in [4.78, 5) is 13.3. The Bertz CT molecular complexity index is 1290. The molecule has 6 heteroatoms. The monoisotopic (exact) mass is 405 g/mol. The van der Waals surface area contributed by atoms with E-state index in [2.05, 4.69) is 0 Å². The van der Waals surface area contributed by atoms with Gasteiger partial charge in [-0.25, -0.2) is 8.42 Å². The second-order valence-electron chi connectivity index (χ2n) is 6.69. The average molecular weight is 405 g/mol. The molecule has 4 aromatic rings. The van der Waals surface area contributed by atoms with Crippen molar-refractivity contribution in [3.05, 3.63) is 95.7 Å². The quantitative estimate of drug-likeness (QED) is 0.448. The van der Waals surface area contributed by atoms with E-state index in [4.69, 9.17) is 4.42 Å². The van der Waals surface area contributed by atoms with Crippen LogP contribution in [-0.2, 0) is 10.0 Å². The number of carbonyl (C=O) groups is 1. The second kappa shape index (κ2) is 7.22. The van der Waals surface area contributed by atoms with Crippen LogP contribution in [0.4, 0.5) is 5.69 Å². The van der Waals surface area contributed by atoms with Crippen LogP contribution in [0.15, 0.2) is 88.2 Å². The Labute approximate surface area is 169 Å². The van der Waals surface area contributed by atoms with Crippen molar-refractivity contribution in [2.75, 3.05) is 11.4 Å². The van der Waals surface area contributed by atoms with Crippen molar-refractivity contribution < 1.29 is 17.6 Å². The maximum absolute atomic E-state index is 13.0. The Morgan fingerprint density at radius 1 is 0.862 bits per heavy atom. The zero-order chi connectivity index (χ0) is 20.6. The fourth-order valence-electron chi connectivity index (χ4n) is 3.31. The maximum atomic E-state index is 13.0. The van der Waals surface area contributed by atoms with Gasteiger partial charge in [0.1, 0.15) is 11.3 Å². The summed E-state index contributed by atoms with van der Waals surface area (Å²) in [5.74, 6) is 0.400. The van der Waals surface area contributed by atoms with Gasteiger partial charge in [-0.2, -0.15) is 0 Å². The lowest BCUT2D eigenvalue weighted by molar-refractivity contribution is 0.103. The van der Waals surface area contributed by atoms with Crippen molar-refractivity contribution in [2.24, 2.45) is 0 Å². The number of hydrogen-bond acceptors (Lipinski definition) is 4. The van der Waals surface area contributed by atoms with Crippen molar-refractivity contribution in [1.82, 2.24) is 0 Å². The molecule has 1 aromatic heterocycles. The Kier molecular flexibility index (Phi) is 4.72. The summed E-state index contributed by atoms with van der Waals surface area (Å²) < 4.78 is 32.4. The molecular weight excluding hydrogens is 386 g/mol. The molecule has 5 nitrogen and oxygen atoms in total. The number of anilines is 1. The number of aryl methyl sites for hydroxylation is 1. The van der Waals surface area contributed by atoms with Crippen LogP contribution in [0.25, 0.3) is 11.0 Å². The van der Waals surface area contributed by atoms with Gasteiger partial charge in [0.05, 0.1) is 16.1 Å². The first-order chi connectivity index (χ1) is 13.9. The highest BCUT2D eigenvalue weighted by molar-refractivity contribution is 7.92. The lowest BCUT2D eigenvalue weighted by Gasteiger charge is -2.19. The van der Waals surface area contributed by atoms with E-state index in [9.17, 15) is 13.2 Å². The molecule has 0 saturated carbocycles. The number of fused-ring (bicyclic) bond motifs is 1. The van der Waals surface area contributed by atoms with Crippen molar-refractivity contribution >= 4 is 32.5 Å². The molecule has 0 radical (unpaired) electrons. The van der Waals surface area contributed by atoms with Crippen molar-refractivity contribution in [1.29, 1.82) is 0 Å². The van der Waals surface area contributed by atoms with Crippen LogP contribution in [0.2, 0.25) is 0 Å². The van der Waals surface area contributed by atoms with Crippen molar-refractivity contribution in [3.8, 4) is 0 Å². The van der Waals surface area contributed by atoms with Gasteiger partial charge in [-0.15, -0.1) is 0 Å². The molecule has 4 rings (SSSR count). The van der Waals surface area contributed by atoms with Gasteiger partial charge in [-0.3, -0.25) is 9.10 Å². The lowest BCUT2D eigenvalue weighted by Crippen LogP contribution is -2.26. The summed E-state index contributed by atoms with van der Waals surface area (Å²) >= 11 is 0. The Hall–Kier alpha value is -3.38. The molecule has 0 aliphatic carbocycles. The molecule has 0 spiro atoms. The highest BCUT2D eigenvalue weighted by atomic mass is 32.2. The first-order valence-corrected chi connectivity index (χ1v) is 10.5. The van der Waals surface area contributed by atoms with E-state index in [1.807, 2.05) is 24.3 Å². The zero-order valence-corrected chi connectivity index (χ0v) is 16.8. The number of ketones is 1. The predicted octanol–water partition coefficient (Wildman–Crippen LogP) is 4.80. The summed E-state index contributed by atoms with van der Waals surface area (Å²) in [7, 11) is -2.18. The van der Waals surface area contributed by atoms with E-state index in [0.29, 0.717) is 28.2 Å². The molecule has 0 amide bonds. The topological polar surface area (TPSA) is 67.6 Å². The van der Waals surface area contributed by atoms with Crippen molar-refractivity contribution in [3.63, 3.8) is 0 Å². The fourth-order valence-corrected chi connectivity index (χ4v) is 4.52. The molecule has 0 aliphatic rings. The number of para-hydroxylation sites is 1. The number of carbonyl (C=O) groups excluding carboxylic acids is 1. The highest BCUT2D eigenvalue weighted by Gasteiger charge is 2.22. The van der Waals surface area contributed by atoms with Crippen molar-refractivity contribution in [2.45, 2.75) is 11.8 Å². The Balaban J connectivity index is 1.66. The normalized spacial score (nSPS) is 11.5. The molecule has 146 valence electrons. The summed E-state index contributed by atoms with van der Waals surface area (Å²) in [6.07, 6.45) is 0. The van der Waals surface area contributed by atoms with Crippen LogP contribution in [0, 0.1) is 6.92 Å². The van der Waals surface area contributed by atoms with Gasteiger partial charge in [-0.05, 0) is 49.4 Å². The van der Waals surface area contributed by atoms with Gasteiger partial charge in [0.15, 0.2) is 5.78 Å². The van der Waals surface area contributed by atoms with Crippen LogP contribution in [0.1, 0.15) is 21.7 Å². The van der Waals surface area contributed by atoms with Crippen LogP contribution in [0.5, 0.6) is 0 Å². The molecule has 0 atom stereocenters. The van der Waals surface area contributed by atoms with E-state index in [1.165, 1.54) is 11.4 Å². The molecule has 29 heavy (non-hydrogen) atoms. The Morgan fingerprint density at radius 2 is 1.48 bits per heavy atom. The number of nitrogens with zero attached hydrogens (tertiary/aromatic N) is 1. The summed E-state index contributed by atoms with van der Waals surface area (Å²) in [5.41, 5.74) is 2.13. The SMILES string of the molecule is Cc1oc2ccccc2c1C(=O)c1ccc(N(C)S(=O)(=O)c2ccccc2)cc1. The zero-order valence-electron chi connectivity index (χ0n) is 16.0. The third-order valence-electron chi connectivity index (χ3n) is 4.89. The van der Waals surface area contributed by atoms with Gasteiger partial charge in [0.2, 0.25) is 0 Å². The van der Waals surface area contributed by atoms with Gasteiger partial charge < -0.3 is 4.42 Å². The molecule has 0 fully saturated rings. The lowest BCUT2D eigenvalue weighted by atomic mass is 10.0. The van der Waals surface area contributed by atoms with E-state index in [1.54, 1.807) is 61.5 Å². The molecule has 0 unspecified atom stereocenters. The average Bonchev–Trinajstić information content (AvgIpc) is 3.09. The number of furan rings is 1. The van der Waals surface area contributed by atoms with Crippen LogP contribution in [-0.4, -0.2) is 21.2 Å². The smallest absolute Gasteiger partial charge is 0.264 e. The van der Waals surface area contributed by atoms with Crippen LogP contribution >= 0.6 is 0 Å². The van der Waals surface area contributed by atoms with Gasteiger partial charge in [-0.1, -0.05) is 36.4 Å². The maximum Gasteiger partial charge on any atom is 0.264 e. The minimum Gasteiger partial charge on any atom is -0.461 e. The number of rotatable bonds is 5. The molecule has 0 aliphatic heterocycles. The second-order valence-corrected chi connectivity index (χ2v) is 8.66. The molecule has 0 N–H and O–H groups in total. The number of hydrogen-bond donors (Lipinski definition) is 0. The Morgan fingerprint density at radius 3 is 2.17 bits per heavy atom. The number of benzene rings is 3. The minimum atomic E-state index is -3.67. The first-order valence-electron chi connectivity index (χ1n) is 9.06. The summed E-state index contributed by atoms with van der Waals surface area (Å²) in [6, 6.07) is 22.2. The molecule has 3 aromatic carbocycles. The standard InChI is InChI=1S/C23H19NO4S/c1-16-22(20-10-6-7-11-21(20)28-16)23(25)17-12-14-18(15-13-17)24(2)29(26,27)19-8-4-3-5-9-19/h3-15H,1-2H3. The van der Waals surface area contributed by atoms with E-state index in [-0.39, 0.29) is 10.7 Å². The van der Waals surface area contributed by atoms with Gasteiger partial charge >= 0.3 is 0 Å². The molecule has 0 bridgehead atoms. The third-order valence-corrected chi connectivity index (χ3v) is 6.69. The number of sulfonamides is 1. The molecule has 0 saturated heterocycles. The van der Waals surface area contributed by atoms with E-state index >= 15 is 0 Å². The van der Waals surface area contributed by atoms with Gasteiger partial charge in [0.25, 0.3) is 10.0 Å². The minimum absolute atomic E-state index is 0.160. The predicted molar refractivity (Wildman–Crippen MR) is 113 cm³/mol. The first kappa shape index (κ1) is 19.0. The summed E-state index contributed by atoms with van der Waals surface area (Å²) in [5, 5.41) is 0.767. The van der Waals surface area contributed by atoms with E-state index in [0.717, 1.165) is 5.39 Å². The summed E-state index contributed by atoms with van der Waals surface area (Å²) in [6.45, 7) is 1.77. The largest absolute Gasteiger partial charge is 0.461 e.